The minimum atomic E-state index is -0.427. The number of nitrogens with one attached hydrogen (secondary N) is 1. The predicted molar refractivity (Wildman–Crippen MR) is 81.5 cm³/mol. The van der Waals surface area contributed by atoms with Crippen LogP contribution < -0.4 is 11.1 Å². The molecule has 0 bridgehead atoms. The van der Waals surface area contributed by atoms with Gasteiger partial charge in [-0.1, -0.05) is 27.7 Å². The average Bonchev–Trinajstić information content (AvgIpc) is 2.39. The van der Waals surface area contributed by atoms with Gasteiger partial charge in [0.2, 0.25) is 0 Å². The molecule has 0 heterocycles. The first-order chi connectivity index (χ1) is 8.83. The molecule has 0 aliphatic carbocycles. The molecule has 0 saturated heterocycles. The molecule has 0 aromatic heterocycles. The number of rotatable bonds is 10. The van der Waals surface area contributed by atoms with Crippen LogP contribution in [0, 0.1) is 11.8 Å². The van der Waals surface area contributed by atoms with Crippen molar-refractivity contribution in [2.45, 2.75) is 54.0 Å². The van der Waals surface area contributed by atoms with Crippen LogP contribution in [-0.2, 0) is 14.4 Å². The Kier molecular flexibility index (Phi) is 11.3. The van der Waals surface area contributed by atoms with E-state index in [1.807, 2.05) is 13.8 Å². The van der Waals surface area contributed by atoms with Crippen LogP contribution in [0.4, 0.5) is 0 Å². The van der Waals surface area contributed by atoms with Crippen LogP contribution in [0.5, 0.6) is 0 Å². The van der Waals surface area contributed by atoms with Gasteiger partial charge in [-0.3, -0.25) is 9.59 Å². The molecule has 5 nitrogen and oxygen atoms in total. The molecular weight excluding hydrogens is 256 g/mol. The van der Waals surface area contributed by atoms with Gasteiger partial charge in [0.05, 0.1) is 19.1 Å². The van der Waals surface area contributed by atoms with Crippen molar-refractivity contribution in [1.29, 1.82) is 0 Å². The zero-order valence-electron chi connectivity index (χ0n) is 12.4. The van der Waals surface area contributed by atoms with Crippen LogP contribution in [0.3, 0.4) is 0 Å². The second-order valence-corrected chi connectivity index (χ2v) is 5.14. The van der Waals surface area contributed by atoms with Gasteiger partial charge in [-0.05, 0) is 19.8 Å². The Morgan fingerprint density at radius 3 is 2.10 bits per heavy atom. The van der Waals surface area contributed by atoms with Crippen molar-refractivity contribution >= 4 is 17.3 Å². The SMILES string of the molecule is C.CC[C@H](C)[C@H](CC(C)=O)C(=O)CN[C@@H](C)C(=O)CN. The van der Waals surface area contributed by atoms with Crippen LogP contribution in [0.25, 0.3) is 0 Å². The number of Topliss-reactive ketones (excluding diaryl/α,β-unsaturated/α-hetero) is 3. The number of hydrogen-bond acceptors (Lipinski definition) is 5. The fourth-order valence-electron chi connectivity index (χ4n) is 1.90. The standard InChI is InChI=1S/C14H26N2O3.CH4/c1-5-9(2)12(6-10(3)17)14(19)8-16-11(4)13(18)7-15;/h9,11-12,16H,5-8,15H2,1-4H3;1H4/t9-,11-,12-;/m0./s1. The second-order valence-electron chi connectivity index (χ2n) is 5.14. The third kappa shape index (κ3) is 7.50. The van der Waals surface area contributed by atoms with Crippen LogP contribution in [0.15, 0.2) is 0 Å². The lowest BCUT2D eigenvalue weighted by Gasteiger charge is -2.21. The van der Waals surface area contributed by atoms with Gasteiger partial charge in [-0.25, -0.2) is 0 Å². The minimum absolute atomic E-state index is 0. The molecule has 0 aliphatic rings. The van der Waals surface area contributed by atoms with E-state index in [-0.39, 0.29) is 56.1 Å². The Morgan fingerprint density at radius 1 is 1.15 bits per heavy atom. The molecule has 0 radical (unpaired) electrons. The molecule has 0 aromatic rings. The fourth-order valence-corrected chi connectivity index (χ4v) is 1.90. The lowest BCUT2D eigenvalue weighted by atomic mass is 9.84. The highest BCUT2D eigenvalue weighted by molar-refractivity contribution is 5.90. The highest BCUT2D eigenvalue weighted by Gasteiger charge is 2.25. The molecule has 118 valence electrons. The number of ketones is 3. The Bertz CT molecular complexity index is 329. The molecule has 0 aromatic carbocycles. The summed E-state index contributed by atoms with van der Waals surface area (Å²) in [5.74, 6) is -0.223. The first kappa shape index (κ1) is 21.2. The van der Waals surface area contributed by atoms with E-state index in [4.69, 9.17) is 5.73 Å². The third-order valence-electron chi connectivity index (χ3n) is 3.52. The van der Waals surface area contributed by atoms with Gasteiger partial charge in [0.25, 0.3) is 0 Å². The number of carbonyl (C=O) groups is 3. The van der Waals surface area contributed by atoms with Crippen molar-refractivity contribution in [1.82, 2.24) is 5.32 Å². The van der Waals surface area contributed by atoms with E-state index < -0.39 is 6.04 Å². The summed E-state index contributed by atoms with van der Waals surface area (Å²) in [4.78, 5) is 34.7. The minimum Gasteiger partial charge on any atom is -0.324 e. The van der Waals surface area contributed by atoms with E-state index in [1.54, 1.807) is 6.92 Å². The van der Waals surface area contributed by atoms with Gasteiger partial charge in [-0.15, -0.1) is 0 Å². The molecule has 20 heavy (non-hydrogen) atoms. The zero-order valence-corrected chi connectivity index (χ0v) is 12.4. The maximum atomic E-state index is 12.1. The molecule has 0 rings (SSSR count). The molecule has 3 atom stereocenters. The predicted octanol–water partition coefficient (Wildman–Crippen LogP) is 1.34. The molecule has 0 saturated carbocycles. The molecule has 0 unspecified atom stereocenters. The van der Waals surface area contributed by atoms with Gasteiger partial charge in [0.1, 0.15) is 11.6 Å². The highest BCUT2D eigenvalue weighted by atomic mass is 16.1. The Morgan fingerprint density at radius 2 is 1.70 bits per heavy atom. The van der Waals surface area contributed by atoms with Gasteiger partial charge in [0.15, 0.2) is 5.78 Å². The third-order valence-corrected chi connectivity index (χ3v) is 3.52. The molecule has 0 fully saturated rings. The van der Waals surface area contributed by atoms with Crippen molar-refractivity contribution in [3.8, 4) is 0 Å². The Hall–Kier alpha value is -1.07. The van der Waals surface area contributed by atoms with Gasteiger partial charge in [0, 0.05) is 12.3 Å². The molecule has 0 amide bonds. The maximum Gasteiger partial charge on any atom is 0.162 e. The topological polar surface area (TPSA) is 89.3 Å². The lowest BCUT2D eigenvalue weighted by molar-refractivity contribution is -0.128. The van der Waals surface area contributed by atoms with Gasteiger partial charge < -0.3 is 15.8 Å². The summed E-state index contributed by atoms with van der Waals surface area (Å²) in [5, 5.41) is 2.88. The molecule has 0 aliphatic heterocycles. The van der Waals surface area contributed by atoms with Crippen LogP contribution in [0.2, 0.25) is 0 Å². The zero-order chi connectivity index (χ0) is 15.0. The molecule has 5 heteroatoms. The van der Waals surface area contributed by atoms with E-state index in [9.17, 15) is 14.4 Å². The van der Waals surface area contributed by atoms with Crippen molar-refractivity contribution in [2.75, 3.05) is 13.1 Å². The van der Waals surface area contributed by atoms with E-state index in [1.165, 1.54) is 6.92 Å². The summed E-state index contributed by atoms with van der Waals surface area (Å²) in [6.07, 6.45) is 1.12. The van der Waals surface area contributed by atoms with Crippen molar-refractivity contribution in [2.24, 2.45) is 17.6 Å². The summed E-state index contributed by atoms with van der Waals surface area (Å²) in [7, 11) is 0. The molecular formula is C15H30N2O3. The second kappa shape index (κ2) is 10.7. The summed E-state index contributed by atoms with van der Waals surface area (Å²) in [5.41, 5.74) is 5.26. The quantitative estimate of drug-likeness (QED) is 0.632. The summed E-state index contributed by atoms with van der Waals surface area (Å²) < 4.78 is 0. The van der Waals surface area contributed by atoms with Gasteiger partial charge >= 0.3 is 0 Å². The van der Waals surface area contributed by atoms with Crippen molar-refractivity contribution in [3.05, 3.63) is 0 Å². The number of hydrogen-bond donors (Lipinski definition) is 2. The Balaban J connectivity index is 0. The smallest absolute Gasteiger partial charge is 0.162 e. The van der Waals surface area contributed by atoms with Crippen LogP contribution in [-0.4, -0.2) is 36.5 Å². The number of nitrogens with two attached hydrogens (primary N) is 1. The number of carbonyl (C=O) groups excluding carboxylic acids is 3. The van der Waals surface area contributed by atoms with Crippen LogP contribution in [0.1, 0.15) is 48.0 Å². The van der Waals surface area contributed by atoms with E-state index in [2.05, 4.69) is 5.32 Å². The Labute approximate surface area is 122 Å². The van der Waals surface area contributed by atoms with Crippen molar-refractivity contribution in [3.63, 3.8) is 0 Å². The maximum absolute atomic E-state index is 12.1. The van der Waals surface area contributed by atoms with Crippen LogP contribution >= 0.6 is 0 Å². The summed E-state index contributed by atoms with van der Waals surface area (Å²) in [6, 6.07) is -0.427. The molecule has 0 spiro atoms. The van der Waals surface area contributed by atoms with Gasteiger partial charge in [-0.2, -0.15) is 0 Å². The lowest BCUT2D eigenvalue weighted by Crippen LogP contribution is -2.42. The largest absolute Gasteiger partial charge is 0.324 e. The van der Waals surface area contributed by atoms with E-state index in [0.717, 1.165) is 6.42 Å². The fraction of sp³-hybridized carbons (Fsp3) is 0.800. The highest BCUT2D eigenvalue weighted by Crippen LogP contribution is 2.20. The summed E-state index contributed by atoms with van der Waals surface area (Å²) in [6.45, 7) is 7.22. The van der Waals surface area contributed by atoms with Crippen molar-refractivity contribution < 1.29 is 14.4 Å². The first-order valence-electron chi connectivity index (χ1n) is 6.81. The monoisotopic (exact) mass is 286 g/mol. The normalized spacial score (nSPS) is 14.8. The van der Waals surface area contributed by atoms with E-state index in [0.29, 0.717) is 0 Å². The average molecular weight is 286 g/mol. The van der Waals surface area contributed by atoms with E-state index >= 15 is 0 Å². The first-order valence-corrected chi connectivity index (χ1v) is 6.81. The summed E-state index contributed by atoms with van der Waals surface area (Å²) >= 11 is 0. The molecule has 3 N–H and O–H groups in total.